The average Bonchev–Trinajstić information content (AvgIpc) is 2.70. The van der Waals surface area contributed by atoms with E-state index in [2.05, 4.69) is 4.98 Å². The molecule has 1 aromatic heterocycles. The van der Waals surface area contributed by atoms with E-state index in [9.17, 15) is 4.39 Å². The van der Waals surface area contributed by atoms with Crippen molar-refractivity contribution in [1.82, 2.24) is 4.98 Å². The average molecular weight is 267 g/mol. The zero-order chi connectivity index (χ0) is 13.0. The molecule has 0 amide bonds. The maximum Gasteiger partial charge on any atom is 0.165 e. The van der Waals surface area contributed by atoms with E-state index in [-0.39, 0.29) is 24.8 Å². The van der Waals surface area contributed by atoms with Crippen LogP contribution in [0.25, 0.3) is 0 Å². The molecule has 18 heavy (non-hydrogen) atoms. The molecule has 96 valence electrons. The second kappa shape index (κ2) is 5.93. The van der Waals surface area contributed by atoms with Gasteiger partial charge in [0.1, 0.15) is 11.6 Å². The highest BCUT2D eigenvalue weighted by Crippen LogP contribution is 2.21. The summed E-state index contributed by atoms with van der Waals surface area (Å²) in [5, 5.41) is 9.69. The van der Waals surface area contributed by atoms with Crippen LogP contribution in [-0.2, 0) is 13.0 Å². The molecular weight excluding hydrogens is 253 g/mol. The van der Waals surface area contributed by atoms with E-state index in [0.29, 0.717) is 6.42 Å². The molecule has 3 nitrogen and oxygen atoms in total. The third-order valence-electron chi connectivity index (χ3n) is 2.46. The van der Waals surface area contributed by atoms with Crippen molar-refractivity contribution in [3.63, 3.8) is 0 Å². The van der Waals surface area contributed by atoms with Gasteiger partial charge in [-0.15, -0.1) is 11.3 Å². The van der Waals surface area contributed by atoms with Crippen LogP contribution < -0.4 is 4.74 Å². The highest BCUT2D eigenvalue weighted by molar-refractivity contribution is 7.11. The van der Waals surface area contributed by atoms with Gasteiger partial charge in [-0.2, -0.15) is 0 Å². The van der Waals surface area contributed by atoms with Crippen molar-refractivity contribution in [2.45, 2.75) is 20.0 Å². The fraction of sp³-hybridized carbons (Fsp3) is 0.308. The lowest BCUT2D eigenvalue weighted by atomic mass is 10.3. The van der Waals surface area contributed by atoms with Crippen molar-refractivity contribution < 1.29 is 14.2 Å². The fourth-order valence-electron chi connectivity index (χ4n) is 1.58. The topological polar surface area (TPSA) is 42.4 Å². The van der Waals surface area contributed by atoms with E-state index < -0.39 is 0 Å². The zero-order valence-electron chi connectivity index (χ0n) is 10.0. The molecule has 0 aliphatic heterocycles. The normalized spacial score (nSPS) is 10.6. The van der Waals surface area contributed by atoms with E-state index in [1.807, 2.05) is 6.92 Å². The minimum absolute atomic E-state index is 0.108. The summed E-state index contributed by atoms with van der Waals surface area (Å²) < 4.78 is 18.7. The van der Waals surface area contributed by atoms with Crippen molar-refractivity contribution in [3.8, 4) is 5.75 Å². The van der Waals surface area contributed by atoms with Gasteiger partial charge in [0.05, 0.1) is 5.69 Å². The molecule has 0 saturated heterocycles. The number of rotatable bonds is 5. The molecule has 0 radical (unpaired) electrons. The van der Waals surface area contributed by atoms with E-state index in [4.69, 9.17) is 9.84 Å². The summed E-state index contributed by atoms with van der Waals surface area (Å²) in [5.74, 6) is -0.143. The molecule has 0 bridgehead atoms. The second-order valence-corrected chi connectivity index (χ2v) is 4.98. The van der Waals surface area contributed by atoms with Gasteiger partial charge in [-0.3, -0.25) is 0 Å². The van der Waals surface area contributed by atoms with Crippen LogP contribution in [0.1, 0.15) is 15.6 Å². The number of benzene rings is 1. The number of aryl methyl sites for hydroxylation is 1. The predicted octanol–water partition coefficient (Wildman–Crippen LogP) is 2.70. The molecule has 0 saturated carbocycles. The van der Waals surface area contributed by atoms with Crippen LogP contribution in [0.4, 0.5) is 4.39 Å². The predicted molar refractivity (Wildman–Crippen MR) is 68.4 cm³/mol. The van der Waals surface area contributed by atoms with Gasteiger partial charge in [-0.25, -0.2) is 9.37 Å². The molecule has 0 spiro atoms. The Labute approximate surface area is 109 Å². The molecular formula is C13H14FNO2S. The van der Waals surface area contributed by atoms with Crippen LogP contribution in [0.5, 0.6) is 5.75 Å². The molecule has 5 heteroatoms. The maximum atomic E-state index is 13.3. The van der Waals surface area contributed by atoms with E-state index in [0.717, 1.165) is 15.6 Å². The molecule has 1 aromatic carbocycles. The Kier molecular flexibility index (Phi) is 4.28. The molecule has 1 N–H and O–H groups in total. The largest absolute Gasteiger partial charge is 0.483 e. The van der Waals surface area contributed by atoms with Crippen LogP contribution in [0.15, 0.2) is 24.3 Å². The van der Waals surface area contributed by atoms with Crippen LogP contribution in [0.3, 0.4) is 0 Å². The number of halogens is 1. The number of aliphatic hydroxyl groups is 1. The number of aromatic nitrogens is 1. The van der Waals surface area contributed by atoms with Crippen LogP contribution >= 0.6 is 11.3 Å². The monoisotopic (exact) mass is 267 g/mol. The summed E-state index contributed by atoms with van der Waals surface area (Å²) in [6, 6.07) is 6.29. The fourth-order valence-corrected chi connectivity index (χ4v) is 2.56. The molecule has 1 heterocycles. The summed E-state index contributed by atoms with van der Waals surface area (Å²) in [4.78, 5) is 5.38. The quantitative estimate of drug-likeness (QED) is 0.905. The first-order valence-electron chi connectivity index (χ1n) is 5.64. The molecule has 0 fully saturated rings. The van der Waals surface area contributed by atoms with Gasteiger partial charge in [0.25, 0.3) is 0 Å². The van der Waals surface area contributed by atoms with Gasteiger partial charge in [0, 0.05) is 17.9 Å². The van der Waals surface area contributed by atoms with Gasteiger partial charge in [-0.1, -0.05) is 12.1 Å². The lowest BCUT2D eigenvalue weighted by Crippen LogP contribution is -1.96. The van der Waals surface area contributed by atoms with Gasteiger partial charge >= 0.3 is 0 Å². The van der Waals surface area contributed by atoms with E-state index >= 15 is 0 Å². The number of para-hydroxylation sites is 1. The van der Waals surface area contributed by atoms with Crippen molar-refractivity contribution in [3.05, 3.63) is 45.7 Å². The Morgan fingerprint density at radius 2 is 2.17 bits per heavy atom. The zero-order valence-corrected chi connectivity index (χ0v) is 10.8. The second-order valence-electron chi connectivity index (χ2n) is 3.81. The van der Waals surface area contributed by atoms with Gasteiger partial charge in [0.2, 0.25) is 0 Å². The molecule has 0 atom stereocenters. The lowest BCUT2D eigenvalue weighted by molar-refractivity contribution is 0.289. The summed E-state index contributed by atoms with van der Waals surface area (Å²) >= 11 is 1.49. The SMILES string of the molecule is Cc1nc(COc2ccccc2F)sc1CCO. The van der Waals surface area contributed by atoms with E-state index in [1.165, 1.54) is 17.4 Å². The summed E-state index contributed by atoms with van der Waals surface area (Å²) in [6.07, 6.45) is 0.600. The maximum absolute atomic E-state index is 13.3. The van der Waals surface area contributed by atoms with Crippen molar-refractivity contribution in [1.29, 1.82) is 0 Å². The molecule has 0 unspecified atom stereocenters. The Morgan fingerprint density at radius 1 is 1.39 bits per heavy atom. The Morgan fingerprint density at radius 3 is 2.89 bits per heavy atom. The third-order valence-corrected chi connectivity index (χ3v) is 3.65. The van der Waals surface area contributed by atoms with Gasteiger partial charge in [-0.05, 0) is 19.1 Å². The summed E-state index contributed by atoms with van der Waals surface area (Å²) in [6.45, 7) is 2.25. The first-order valence-corrected chi connectivity index (χ1v) is 6.45. The Hall–Kier alpha value is -1.46. The standard InChI is InChI=1S/C13H14FNO2S/c1-9-12(6-7-16)18-13(15-9)8-17-11-5-3-2-4-10(11)14/h2-5,16H,6-8H2,1H3. The molecule has 0 aliphatic carbocycles. The summed E-state index contributed by atoms with van der Waals surface area (Å²) in [5.41, 5.74) is 0.904. The van der Waals surface area contributed by atoms with Crippen LogP contribution in [-0.4, -0.2) is 16.7 Å². The highest BCUT2D eigenvalue weighted by atomic mass is 32.1. The molecule has 2 aromatic rings. The van der Waals surface area contributed by atoms with E-state index in [1.54, 1.807) is 18.2 Å². The Bertz CT molecular complexity index is 527. The number of hydrogen-bond donors (Lipinski definition) is 1. The van der Waals surface area contributed by atoms with Crippen LogP contribution in [0.2, 0.25) is 0 Å². The van der Waals surface area contributed by atoms with Crippen molar-refractivity contribution in [2.75, 3.05) is 6.61 Å². The number of thiazole rings is 1. The summed E-state index contributed by atoms with van der Waals surface area (Å²) in [7, 11) is 0. The Balaban J connectivity index is 2.02. The van der Waals surface area contributed by atoms with Gasteiger partial charge < -0.3 is 9.84 Å². The number of nitrogens with zero attached hydrogens (tertiary/aromatic N) is 1. The molecule has 2 rings (SSSR count). The molecule has 0 aliphatic rings. The number of ether oxygens (including phenoxy) is 1. The first-order chi connectivity index (χ1) is 8.70. The van der Waals surface area contributed by atoms with Crippen molar-refractivity contribution in [2.24, 2.45) is 0 Å². The first kappa shape index (κ1) is 13.0. The smallest absolute Gasteiger partial charge is 0.165 e. The minimum atomic E-state index is -0.374. The lowest BCUT2D eigenvalue weighted by Gasteiger charge is -2.04. The highest BCUT2D eigenvalue weighted by Gasteiger charge is 2.08. The van der Waals surface area contributed by atoms with Crippen molar-refractivity contribution >= 4 is 11.3 Å². The third kappa shape index (κ3) is 3.05. The van der Waals surface area contributed by atoms with Gasteiger partial charge in [0.15, 0.2) is 11.6 Å². The number of hydrogen-bond acceptors (Lipinski definition) is 4. The van der Waals surface area contributed by atoms with Crippen LogP contribution in [0, 0.1) is 12.7 Å². The number of aliphatic hydroxyl groups excluding tert-OH is 1. The minimum Gasteiger partial charge on any atom is -0.483 e.